The minimum Gasteiger partial charge on any atom is -0.293 e. The van der Waals surface area contributed by atoms with E-state index < -0.39 is 17.6 Å². The molecular weight excluding hydrogens is 368 g/mol. The molecule has 0 radical (unpaired) electrons. The van der Waals surface area contributed by atoms with Crippen LogP contribution in [0.5, 0.6) is 0 Å². The molecule has 2 rings (SSSR count). The molecule has 0 unspecified atom stereocenters. The highest BCUT2D eigenvalue weighted by Gasteiger charge is 2.14. The second-order valence-corrected chi connectivity index (χ2v) is 6.17. The Morgan fingerprint density at radius 3 is 2.40 bits per heavy atom. The average Bonchev–Trinajstić information content (AvgIpc) is 2.56. The summed E-state index contributed by atoms with van der Waals surface area (Å²) in [5.74, 6) is -1.43. The predicted octanol–water partition coefficient (Wildman–Crippen LogP) is 3.03. The van der Waals surface area contributed by atoms with E-state index in [1.54, 1.807) is 36.2 Å². The molecule has 0 saturated carbocycles. The third-order valence-electron chi connectivity index (χ3n) is 3.34. The quantitative estimate of drug-likeness (QED) is 0.780. The SMILES string of the molecule is CN(CC(=O)NNC(=O)c1ccccc1Cl)Cc1c(F)cccc1Cl. The number of halogens is 3. The molecule has 2 aromatic carbocycles. The first-order valence-corrected chi connectivity index (χ1v) is 8.09. The highest BCUT2D eigenvalue weighted by atomic mass is 35.5. The second-order valence-electron chi connectivity index (χ2n) is 5.35. The van der Waals surface area contributed by atoms with Gasteiger partial charge in [0.2, 0.25) is 0 Å². The van der Waals surface area contributed by atoms with E-state index in [0.29, 0.717) is 10.6 Å². The van der Waals surface area contributed by atoms with Crippen molar-refractivity contribution in [3.8, 4) is 0 Å². The number of amides is 2. The van der Waals surface area contributed by atoms with E-state index in [1.165, 1.54) is 18.2 Å². The molecule has 132 valence electrons. The maximum atomic E-state index is 13.7. The summed E-state index contributed by atoms with van der Waals surface area (Å²) in [6, 6.07) is 10.9. The Kier molecular flexibility index (Phi) is 6.75. The first kappa shape index (κ1) is 19.2. The number of nitrogens with zero attached hydrogens (tertiary/aromatic N) is 1. The molecule has 0 fully saturated rings. The van der Waals surface area contributed by atoms with Crippen molar-refractivity contribution in [2.45, 2.75) is 6.54 Å². The molecule has 0 aliphatic rings. The van der Waals surface area contributed by atoms with Crippen LogP contribution < -0.4 is 10.9 Å². The number of carbonyl (C=O) groups is 2. The van der Waals surface area contributed by atoms with E-state index in [-0.39, 0.29) is 23.7 Å². The van der Waals surface area contributed by atoms with Crippen LogP contribution in [0.1, 0.15) is 15.9 Å². The molecule has 8 heteroatoms. The van der Waals surface area contributed by atoms with Crippen molar-refractivity contribution in [2.24, 2.45) is 0 Å². The smallest absolute Gasteiger partial charge is 0.271 e. The first-order chi connectivity index (χ1) is 11.9. The van der Waals surface area contributed by atoms with Gasteiger partial charge < -0.3 is 0 Å². The monoisotopic (exact) mass is 383 g/mol. The fourth-order valence-electron chi connectivity index (χ4n) is 2.13. The minimum atomic E-state index is -0.529. The second kappa shape index (κ2) is 8.80. The Hall–Kier alpha value is -2.15. The Bertz CT molecular complexity index is 766. The maximum Gasteiger partial charge on any atom is 0.271 e. The van der Waals surface area contributed by atoms with Crippen molar-refractivity contribution in [2.75, 3.05) is 13.6 Å². The molecule has 5 nitrogen and oxygen atoms in total. The normalized spacial score (nSPS) is 10.6. The summed E-state index contributed by atoms with van der Waals surface area (Å²) in [5.41, 5.74) is 5.12. The summed E-state index contributed by atoms with van der Waals surface area (Å²) in [6.45, 7) is 0.0881. The van der Waals surface area contributed by atoms with Crippen molar-refractivity contribution in [3.05, 3.63) is 69.5 Å². The third kappa shape index (κ3) is 5.42. The number of hydrazine groups is 1. The van der Waals surface area contributed by atoms with E-state index in [2.05, 4.69) is 10.9 Å². The van der Waals surface area contributed by atoms with Gasteiger partial charge in [-0.2, -0.15) is 0 Å². The highest BCUT2D eigenvalue weighted by molar-refractivity contribution is 6.33. The lowest BCUT2D eigenvalue weighted by Crippen LogP contribution is -2.45. The lowest BCUT2D eigenvalue weighted by atomic mass is 10.2. The maximum absolute atomic E-state index is 13.7. The molecule has 0 spiro atoms. The van der Waals surface area contributed by atoms with E-state index in [0.717, 1.165) is 0 Å². The van der Waals surface area contributed by atoms with E-state index >= 15 is 0 Å². The molecule has 2 N–H and O–H groups in total. The van der Waals surface area contributed by atoms with Gasteiger partial charge in [-0.25, -0.2) is 4.39 Å². The summed E-state index contributed by atoms with van der Waals surface area (Å²) >= 11 is 11.9. The van der Waals surface area contributed by atoms with Crippen LogP contribution in [0.25, 0.3) is 0 Å². The number of rotatable bonds is 5. The van der Waals surface area contributed by atoms with Gasteiger partial charge in [0.1, 0.15) is 5.82 Å². The van der Waals surface area contributed by atoms with Crippen LogP contribution in [0.2, 0.25) is 10.0 Å². The van der Waals surface area contributed by atoms with Crippen molar-refractivity contribution < 1.29 is 14.0 Å². The van der Waals surface area contributed by atoms with Gasteiger partial charge in [-0.3, -0.25) is 25.3 Å². The summed E-state index contributed by atoms with van der Waals surface area (Å²) < 4.78 is 13.7. The highest BCUT2D eigenvalue weighted by Crippen LogP contribution is 2.20. The average molecular weight is 384 g/mol. The molecular formula is C17H16Cl2FN3O2. The van der Waals surface area contributed by atoms with Gasteiger partial charge in [-0.1, -0.05) is 41.4 Å². The first-order valence-electron chi connectivity index (χ1n) is 7.33. The largest absolute Gasteiger partial charge is 0.293 e. The summed E-state index contributed by atoms with van der Waals surface area (Å²) in [7, 11) is 1.64. The number of benzene rings is 2. The molecule has 0 atom stereocenters. The molecule has 0 aromatic heterocycles. The molecule has 25 heavy (non-hydrogen) atoms. The molecule has 0 heterocycles. The Balaban J connectivity index is 1.86. The fraction of sp³-hybridized carbons (Fsp3) is 0.176. The standard InChI is InChI=1S/C17H16Cl2FN3O2/c1-23(9-12-14(19)7-4-8-15(12)20)10-16(24)21-22-17(25)11-5-2-3-6-13(11)18/h2-8H,9-10H2,1H3,(H,21,24)(H,22,25). The van der Waals surface area contributed by atoms with Crippen LogP contribution in [-0.2, 0) is 11.3 Å². The zero-order valence-corrected chi connectivity index (χ0v) is 14.9. The van der Waals surface area contributed by atoms with E-state index in [4.69, 9.17) is 23.2 Å². The van der Waals surface area contributed by atoms with Crippen LogP contribution in [0.4, 0.5) is 4.39 Å². The van der Waals surface area contributed by atoms with Crippen molar-refractivity contribution >= 4 is 35.0 Å². The van der Waals surface area contributed by atoms with Crippen molar-refractivity contribution in [1.82, 2.24) is 15.8 Å². The van der Waals surface area contributed by atoms with Crippen molar-refractivity contribution in [3.63, 3.8) is 0 Å². The van der Waals surface area contributed by atoms with Crippen molar-refractivity contribution in [1.29, 1.82) is 0 Å². The molecule has 2 amide bonds. The number of carbonyl (C=O) groups excluding carboxylic acids is 2. The van der Waals surface area contributed by atoms with Crippen LogP contribution in [0.15, 0.2) is 42.5 Å². The molecule has 0 bridgehead atoms. The van der Waals surface area contributed by atoms with Gasteiger partial charge in [-0.05, 0) is 31.3 Å². The Morgan fingerprint density at radius 2 is 1.72 bits per heavy atom. The van der Waals surface area contributed by atoms with Gasteiger partial charge in [0.15, 0.2) is 0 Å². The van der Waals surface area contributed by atoms with Gasteiger partial charge in [0.25, 0.3) is 11.8 Å². The lowest BCUT2D eigenvalue weighted by Gasteiger charge is -2.17. The predicted molar refractivity (Wildman–Crippen MR) is 94.8 cm³/mol. The molecule has 0 aliphatic carbocycles. The number of nitrogens with one attached hydrogen (secondary N) is 2. The van der Waals surface area contributed by atoms with Crippen LogP contribution in [0, 0.1) is 5.82 Å². The summed E-state index contributed by atoms with van der Waals surface area (Å²) in [5, 5.41) is 0.569. The fourth-order valence-corrected chi connectivity index (χ4v) is 2.58. The van der Waals surface area contributed by atoms with E-state index in [9.17, 15) is 14.0 Å². The number of hydrogen-bond donors (Lipinski definition) is 2. The van der Waals surface area contributed by atoms with Gasteiger partial charge in [0.05, 0.1) is 17.1 Å². The van der Waals surface area contributed by atoms with Crippen LogP contribution in [-0.4, -0.2) is 30.3 Å². The zero-order valence-electron chi connectivity index (χ0n) is 13.4. The third-order valence-corrected chi connectivity index (χ3v) is 4.02. The molecule has 2 aromatic rings. The van der Waals surface area contributed by atoms with Crippen LogP contribution >= 0.6 is 23.2 Å². The number of hydrogen-bond acceptors (Lipinski definition) is 3. The van der Waals surface area contributed by atoms with Gasteiger partial charge >= 0.3 is 0 Å². The summed E-state index contributed by atoms with van der Waals surface area (Å²) in [4.78, 5) is 25.4. The lowest BCUT2D eigenvalue weighted by molar-refractivity contribution is -0.122. The van der Waals surface area contributed by atoms with E-state index in [1.807, 2.05) is 0 Å². The Morgan fingerprint density at radius 1 is 1.04 bits per heavy atom. The van der Waals surface area contributed by atoms with Gasteiger partial charge in [-0.15, -0.1) is 0 Å². The Labute approximate surface area is 154 Å². The van der Waals surface area contributed by atoms with Crippen LogP contribution in [0.3, 0.4) is 0 Å². The number of likely N-dealkylation sites (N-methyl/N-ethyl adjacent to an activating group) is 1. The topological polar surface area (TPSA) is 61.4 Å². The molecule has 0 aliphatic heterocycles. The zero-order chi connectivity index (χ0) is 18.4. The van der Waals surface area contributed by atoms with Gasteiger partial charge in [0, 0.05) is 17.1 Å². The minimum absolute atomic E-state index is 0.0620. The molecule has 0 saturated heterocycles. The summed E-state index contributed by atoms with van der Waals surface area (Å²) in [6.07, 6.45) is 0.